The predicted molar refractivity (Wildman–Crippen MR) is 84.5 cm³/mol. The highest BCUT2D eigenvalue weighted by atomic mass is 19.4. The third-order valence-electron chi connectivity index (χ3n) is 5.20. The molecule has 0 aromatic heterocycles. The average molecular weight is 690 g/mol. The first-order valence-corrected chi connectivity index (χ1v) is 9.85. The summed E-state index contributed by atoms with van der Waals surface area (Å²) in [4.78, 5) is 0. The van der Waals surface area contributed by atoms with Gasteiger partial charge in [0.1, 0.15) is 0 Å². The molecule has 0 saturated carbocycles. The average Bonchev–Trinajstić information content (AvgIpc) is 2.69. The molecule has 25 heteroatoms. The second-order valence-electron chi connectivity index (χ2n) is 8.98. The summed E-state index contributed by atoms with van der Waals surface area (Å²) in [5.41, 5.74) is 0. The van der Waals surface area contributed by atoms with Gasteiger partial charge in [-0.2, -0.15) is 110 Å². The van der Waals surface area contributed by atoms with Crippen LogP contribution < -0.4 is 0 Å². The molecular weight excluding hydrogens is 679 g/mol. The van der Waals surface area contributed by atoms with Gasteiger partial charge in [0.15, 0.2) is 0 Å². The van der Waals surface area contributed by atoms with Crippen molar-refractivity contribution in [3.8, 4) is 0 Å². The molecule has 0 bridgehead atoms. The van der Waals surface area contributed by atoms with Gasteiger partial charge in [0.05, 0.1) is 6.42 Å². The minimum Gasteiger partial charge on any atom is -0.200 e. The molecule has 0 radical (unpaired) electrons. The number of halogens is 25. The van der Waals surface area contributed by atoms with E-state index in [-0.39, 0.29) is 0 Å². The van der Waals surface area contributed by atoms with Gasteiger partial charge in [-0.05, 0) is 5.92 Å². The summed E-state index contributed by atoms with van der Waals surface area (Å²) < 4.78 is 333. The maximum absolute atomic E-state index is 13.7. The fraction of sp³-hybridized carbons (Fsp3) is 1.00. The van der Waals surface area contributed by atoms with Crippen molar-refractivity contribution in [3.05, 3.63) is 0 Å². The van der Waals surface area contributed by atoms with Gasteiger partial charge < -0.3 is 0 Å². The quantitative estimate of drug-likeness (QED) is 0.169. The molecule has 0 N–H and O–H groups in total. The Balaban J connectivity index is 7.16. The summed E-state index contributed by atoms with van der Waals surface area (Å²) in [6.45, 7) is 0.901. The van der Waals surface area contributed by atoms with E-state index in [2.05, 4.69) is 0 Å². The molecule has 254 valence electrons. The largest absolute Gasteiger partial charge is 0.453 e. The van der Waals surface area contributed by atoms with Crippen LogP contribution in [0.15, 0.2) is 0 Å². The Morgan fingerprint density at radius 1 is 0.310 bits per heavy atom. The smallest absolute Gasteiger partial charge is 0.200 e. The van der Waals surface area contributed by atoms with Crippen LogP contribution in [0.1, 0.15) is 26.7 Å². The molecule has 0 fully saturated rings. The normalized spacial score (nSPS) is 16.9. The van der Waals surface area contributed by atoms with Crippen LogP contribution in [0.5, 0.6) is 0 Å². The number of hydrogen-bond donors (Lipinski definition) is 0. The molecule has 0 nitrogen and oxygen atoms in total. The summed E-state index contributed by atoms with van der Waals surface area (Å²) in [5.74, 6) is -95.8. The van der Waals surface area contributed by atoms with E-state index in [1.807, 2.05) is 0 Å². The van der Waals surface area contributed by atoms with E-state index in [9.17, 15) is 110 Å². The van der Waals surface area contributed by atoms with E-state index in [1.54, 1.807) is 0 Å². The van der Waals surface area contributed by atoms with E-state index in [0.717, 1.165) is 0 Å². The van der Waals surface area contributed by atoms with Crippen molar-refractivity contribution in [1.82, 2.24) is 0 Å². The van der Waals surface area contributed by atoms with Gasteiger partial charge >= 0.3 is 71.3 Å². The van der Waals surface area contributed by atoms with Crippen LogP contribution in [0, 0.1) is 5.92 Å². The van der Waals surface area contributed by atoms with Crippen LogP contribution in [0.3, 0.4) is 0 Å². The van der Waals surface area contributed by atoms with E-state index in [4.69, 9.17) is 0 Å². The van der Waals surface area contributed by atoms with Gasteiger partial charge in [0, 0.05) is 6.42 Å². The fourth-order valence-corrected chi connectivity index (χ4v) is 2.77. The number of alkyl halides is 25. The Kier molecular flexibility index (Phi) is 9.72. The van der Waals surface area contributed by atoms with Crippen molar-refractivity contribution < 1.29 is 110 Å². The summed E-state index contributed by atoms with van der Waals surface area (Å²) in [6.07, 6.45) is -15.1. The van der Waals surface area contributed by atoms with Crippen LogP contribution in [-0.2, 0) is 0 Å². The van der Waals surface area contributed by atoms with Crippen LogP contribution in [0.4, 0.5) is 110 Å². The lowest BCUT2D eigenvalue weighted by atomic mass is 9.84. The van der Waals surface area contributed by atoms with Crippen LogP contribution in [-0.4, -0.2) is 71.3 Å². The van der Waals surface area contributed by atoms with Gasteiger partial charge in [-0.15, -0.1) is 0 Å². The molecule has 0 amide bonds. The molecule has 0 aromatic carbocycles. The highest BCUT2D eigenvalue weighted by Crippen LogP contribution is 2.67. The zero-order valence-corrected chi connectivity index (χ0v) is 19.4. The van der Waals surface area contributed by atoms with Gasteiger partial charge in [-0.25, -0.2) is 0 Å². The molecule has 0 aliphatic heterocycles. The zero-order chi connectivity index (χ0) is 35.0. The van der Waals surface area contributed by atoms with Gasteiger partial charge in [0.2, 0.25) is 0 Å². The molecule has 0 atom stereocenters. The van der Waals surface area contributed by atoms with Crippen molar-refractivity contribution in [3.63, 3.8) is 0 Å². The molecule has 0 heterocycles. The maximum atomic E-state index is 13.7. The summed E-state index contributed by atoms with van der Waals surface area (Å²) in [6, 6.07) is 0. The molecule has 0 aromatic rings. The van der Waals surface area contributed by atoms with Crippen molar-refractivity contribution in [1.29, 1.82) is 0 Å². The molecular formula is C17H11F25. The van der Waals surface area contributed by atoms with Gasteiger partial charge in [0.25, 0.3) is 0 Å². The predicted octanol–water partition coefficient (Wildman–Crippen LogP) is 9.97. The Morgan fingerprint density at radius 2 is 0.524 bits per heavy atom. The second kappa shape index (κ2) is 10.1. The topological polar surface area (TPSA) is 0 Å². The van der Waals surface area contributed by atoms with Crippen LogP contribution >= 0.6 is 0 Å². The molecule has 0 rings (SSSR count). The standard InChI is InChI=1S/C17H11F25/c1-5(2)3-6(18,19)9(24,25)11(28,29)13(32,33)15(36,37)16(38,39)14(34,35)12(30,31)10(26,27)7(20,21)4-8(22,23)17(40,41)42/h5H,3-4H2,1-2H3. The highest BCUT2D eigenvalue weighted by Gasteiger charge is 2.97. The minimum absolute atomic E-state index is 0.451. The van der Waals surface area contributed by atoms with Crippen molar-refractivity contribution in [2.75, 3.05) is 0 Å². The van der Waals surface area contributed by atoms with Gasteiger partial charge in [-0.3, -0.25) is 0 Å². The zero-order valence-electron chi connectivity index (χ0n) is 19.4. The van der Waals surface area contributed by atoms with Crippen molar-refractivity contribution >= 4 is 0 Å². The first-order chi connectivity index (χ1) is 17.6. The molecule has 42 heavy (non-hydrogen) atoms. The van der Waals surface area contributed by atoms with Crippen molar-refractivity contribution in [2.24, 2.45) is 5.92 Å². The number of rotatable bonds is 13. The molecule has 0 saturated heterocycles. The molecule has 0 unspecified atom stereocenters. The first-order valence-electron chi connectivity index (χ1n) is 9.85. The third-order valence-corrected chi connectivity index (χ3v) is 5.20. The Bertz CT molecular complexity index is 950. The maximum Gasteiger partial charge on any atom is 0.453 e. The second-order valence-corrected chi connectivity index (χ2v) is 8.98. The fourth-order valence-electron chi connectivity index (χ4n) is 2.77. The Morgan fingerprint density at radius 3 is 0.738 bits per heavy atom. The molecule has 0 aliphatic carbocycles. The van der Waals surface area contributed by atoms with Gasteiger partial charge in [-0.1, -0.05) is 13.8 Å². The minimum atomic E-state index is -9.41. The van der Waals surface area contributed by atoms with E-state index < -0.39 is 90.1 Å². The first kappa shape index (κ1) is 40.2. The van der Waals surface area contributed by atoms with E-state index in [0.29, 0.717) is 13.8 Å². The third kappa shape index (κ3) is 5.39. The lowest BCUT2D eigenvalue weighted by molar-refractivity contribution is -0.470. The monoisotopic (exact) mass is 690 g/mol. The summed E-state index contributed by atoms with van der Waals surface area (Å²) >= 11 is 0. The highest BCUT2D eigenvalue weighted by molar-refractivity contribution is 5.18. The summed E-state index contributed by atoms with van der Waals surface area (Å²) in [5, 5.41) is 0. The molecule has 0 aliphatic rings. The van der Waals surface area contributed by atoms with Crippen molar-refractivity contribution in [2.45, 2.75) is 98.0 Å². The van der Waals surface area contributed by atoms with E-state index in [1.165, 1.54) is 0 Å². The SMILES string of the molecule is CC(C)CC(F)(F)C(F)(F)C(F)(F)C(F)(F)C(F)(F)C(F)(F)C(F)(F)C(F)(F)C(F)(F)C(F)(F)CC(F)(F)C(F)(F)F. The Labute approximate surface area is 215 Å². The molecule has 0 spiro atoms. The lowest BCUT2D eigenvalue weighted by Crippen LogP contribution is -2.77. The van der Waals surface area contributed by atoms with Crippen LogP contribution in [0.2, 0.25) is 0 Å². The lowest BCUT2D eigenvalue weighted by Gasteiger charge is -2.45. The number of hydrogen-bond acceptors (Lipinski definition) is 0. The Hall–Kier alpha value is -1.75. The summed E-state index contributed by atoms with van der Waals surface area (Å²) in [7, 11) is 0. The van der Waals surface area contributed by atoms with E-state index >= 15 is 0 Å². The van der Waals surface area contributed by atoms with Crippen LogP contribution in [0.25, 0.3) is 0 Å².